The Kier molecular flexibility index (Phi) is 5.29. The number of carboxylic acids is 1. The van der Waals surface area contributed by atoms with Crippen LogP contribution in [-0.2, 0) is 16.0 Å². The van der Waals surface area contributed by atoms with E-state index < -0.39 is 23.7 Å². The summed E-state index contributed by atoms with van der Waals surface area (Å²) in [5, 5.41) is 11.0. The topological polar surface area (TPSA) is 75.6 Å². The van der Waals surface area contributed by atoms with Crippen LogP contribution < -0.4 is 10.1 Å². The number of halogens is 1. The van der Waals surface area contributed by atoms with Crippen LogP contribution in [0.2, 0.25) is 0 Å². The van der Waals surface area contributed by atoms with Crippen molar-refractivity contribution in [1.82, 2.24) is 5.32 Å². The van der Waals surface area contributed by atoms with E-state index in [0.717, 1.165) is 0 Å². The Balaban J connectivity index is 2.59. The van der Waals surface area contributed by atoms with Gasteiger partial charge in [0.2, 0.25) is 5.91 Å². The summed E-state index contributed by atoms with van der Waals surface area (Å²) in [6, 6.07) is 3.12. The van der Waals surface area contributed by atoms with Crippen LogP contribution in [0.5, 0.6) is 5.75 Å². The molecule has 0 fully saturated rings. The van der Waals surface area contributed by atoms with E-state index in [2.05, 4.69) is 5.32 Å². The van der Waals surface area contributed by atoms with E-state index >= 15 is 0 Å². The molecule has 0 saturated carbocycles. The number of nitrogens with one attached hydrogen (secondary N) is 1. The van der Waals surface area contributed by atoms with Crippen LogP contribution in [-0.4, -0.2) is 30.1 Å². The number of rotatable bonds is 6. The van der Waals surface area contributed by atoms with Crippen LogP contribution in [0.25, 0.3) is 0 Å². The molecule has 1 amide bonds. The van der Waals surface area contributed by atoms with Gasteiger partial charge in [-0.25, -0.2) is 4.39 Å². The van der Waals surface area contributed by atoms with Crippen LogP contribution in [0, 0.1) is 5.82 Å². The molecule has 0 radical (unpaired) electrons. The maximum Gasteiger partial charge on any atom is 0.325 e. The molecular weight excluding hydrogens is 253 g/mol. The van der Waals surface area contributed by atoms with Crippen molar-refractivity contribution in [2.45, 2.75) is 25.8 Å². The molecule has 0 heterocycles. The molecule has 19 heavy (non-hydrogen) atoms. The van der Waals surface area contributed by atoms with Gasteiger partial charge in [0.1, 0.15) is 17.6 Å². The molecule has 1 aromatic rings. The van der Waals surface area contributed by atoms with Crippen LogP contribution in [0.4, 0.5) is 4.39 Å². The molecule has 0 saturated heterocycles. The zero-order chi connectivity index (χ0) is 14.4. The van der Waals surface area contributed by atoms with Crippen molar-refractivity contribution in [3.8, 4) is 5.75 Å². The number of ether oxygens (including phenoxy) is 1. The quantitative estimate of drug-likeness (QED) is 0.817. The lowest BCUT2D eigenvalue weighted by Crippen LogP contribution is -2.38. The number of hydrogen-bond acceptors (Lipinski definition) is 3. The van der Waals surface area contributed by atoms with Crippen LogP contribution >= 0.6 is 0 Å². The van der Waals surface area contributed by atoms with Gasteiger partial charge in [-0.3, -0.25) is 9.59 Å². The van der Waals surface area contributed by atoms with Gasteiger partial charge in [-0.05, 0) is 37.1 Å². The zero-order valence-corrected chi connectivity index (χ0v) is 10.8. The number of hydrogen-bond donors (Lipinski definition) is 2. The van der Waals surface area contributed by atoms with E-state index in [9.17, 15) is 14.0 Å². The van der Waals surface area contributed by atoms with E-state index in [1.165, 1.54) is 32.2 Å². The molecule has 1 atom stereocenters. The smallest absolute Gasteiger partial charge is 0.325 e. The molecular formula is C13H16FNO4. The van der Waals surface area contributed by atoms with Gasteiger partial charge in [-0.15, -0.1) is 0 Å². The third kappa shape index (κ3) is 4.57. The Bertz CT molecular complexity index is 476. The van der Waals surface area contributed by atoms with Crippen molar-refractivity contribution in [2.24, 2.45) is 0 Å². The highest BCUT2D eigenvalue weighted by Gasteiger charge is 2.14. The fourth-order valence-corrected chi connectivity index (χ4v) is 1.57. The van der Waals surface area contributed by atoms with Gasteiger partial charge < -0.3 is 15.2 Å². The van der Waals surface area contributed by atoms with E-state index in [4.69, 9.17) is 9.84 Å². The Labute approximate surface area is 110 Å². The van der Waals surface area contributed by atoms with E-state index in [0.29, 0.717) is 11.3 Å². The summed E-state index contributed by atoms with van der Waals surface area (Å²) in [6.07, 6.45) is 0.344. The molecule has 0 spiro atoms. The fourth-order valence-electron chi connectivity index (χ4n) is 1.57. The molecule has 0 aromatic heterocycles. The Morgan fingerprint density at radius 1 is 1.47 bits per heavy atom. The normalized spacial score (nSPS) is 11.7. The highest BCUT2D eigenvalue weighted by Crippen LogP contribution is 2.20. The molecule has 1 rings (SSSR count). The number of carbonyl (C=O) groups excluding carboxylic acids is 1. The number of aryl methyl sites for hydroxylation is 1. The number of carboxylic acid groups (broad SMARTS) is 1. The summed E-state index contributed by atoms with van der Waals surface area (Å²) in [5.41, 5.74) is 0.570. The molecule has 2 N–H and O–H groups in total. The number of amides is 1. The van der Waals surface area contributed by atoms with Crippen molar-refractivity contribution in [3.05, 3.63) is 29.6 Å². The molecule has 6 heteroatoms. The Hall–Kier alpha value is -2.11. The van der Waals surface area contributed by atoms with Crippen LogP contribution in [0.3, 0.4) is 0 Å². The first-order valence-electron chi connectivity index (χ1n) is 5.78. The zero-order valence-electron chi connectivity index (χ0n) is 10.8. The lowest BCUT2D eigenvalue weighted by Gasteiger charge is -2.11. The minimum atomic E-state index is -1.10. The number of aliphatic carboxylic acids is 1. The second kappa shape index (κ2) is 6.72. The van der Waals surface area contributed by atoms with E-state index in [-0.39, 0.29) is 12.8 Å². The number of carbonyl (C=O) groups is 2. The minimum Gasteiger partial charge on any atom is -0.496 e. The van der Waals surface area contributed by atoms with Gasteiger partial charge in [-0.1, -0.05) is 0 Å². The summed E-state index contributed by atoms with van der Waals surface area (Å²) < 4.78 is 18.1. The average molecular weight is 269 g/mol. The monoisotopic (exact) mass is 269 g/mol. The van der Waals surface area contributed by atoms with E-state index in [1.54, 1.807) is 0 Å². The Morgan fingerprint density at radius 3 is 2.74 bits per heavy atom. The summed E-state index contributed by atoms with van der Waals surface area (Å²) in [4.78, 5) is 22.1. The molecule has 0 aliphatic rings. The molecule has 0 aliphatic carbocycles. The molecule has 0 bridgehead atoms. The van der Waals surface area contributed by atoms with Gasteiger partial charge in [-0.2, -0.15) is 0 Å². The van der Waals surface area contributed by atoms with Gasteiger partial charge in [0.05, 0.1) is 7.11 Å². The standard InChI is InChI=1S/C13H16FNO4/c1-8(13(17)18)15-12(16)6-3-9-7-10(14)4-5-11(9)19-2/h4-5,7-8H,3,6H2,1-2H3,(H,15,16)(H,17,18)/t8-/m0/s1. The fraction of sp³-hybridized carbons (Fsp3) is 0.385. The first-order chi connectivity index (χ1) is 8.93. The van der Waals surface area contributed by atoms with Crippen molar-refractivity contribution in [2.75, 3.05) is 7.11 Å². The summed E-state index contributed by atoms with van der Waals surface area (Å²) in [6.45, 7) is 1.38. The number of methoxy groups -OCH3 is 1. The maximum absolute atomic E-state index is 13.1. The third-order valence-electron chi connectivity index (χ3n) is 2.61. The first-order valence-corrected chi connectivity index (χ1v) is 5.78. The lowest BCUT2D eigenvalue weighted by molar-refractivity contribution is -0.141. The number of benzene rings is 1. The van der Waals surface area contributed by atoms with Crippen molar-refractivity contribution in [1.29, 1.82) is 0 Å². The SMILES string of the molecule is COc1ccc(F)cc1CCC(=O)N[C@@H](C)C(=O)O. The first kappa shape index (κ1) is 14.9. The van der Waals surface area contributed by atoms with E-state index in [1.807, 2.05) is 0 Å². The van der Waals surface area contributed by atoms with Crippen LogP contribution in [0.1, 0.15) is 18.9 Å². The van der Waals surface area contributed by atoms with Gasteiger partial charge in [0.15, 0.2) is 0 Å². The maximum atomic E-state index is 13.1. The molecule has 104 valence electrons. The highest BCUT2D eigenvalue weighted by molar-refractivity contribution is 5.83. The Morgan fingerprint density at radius 2 is 2.16 bits per heavy atom. The molecule has 5 nitrogen and oxygen atoms in total. The van der Waals surface area contributed by atoms with Crippen LogP contribution in [0.15, 0.2) is 18.2 Å². The molecule has 0 aliphatic heterocycles. The van der Waals surface area contributed by atoms with Crippen molar-refractivity contribution in [3.63, 3.8) is 0 Å². The molecule has 1 aromatic carbocycles. The van der Waals surface area contributed by atoms with Gasteiger partial charge in [0.25, 0.3) is 0 Å². The second-order valence-electron chi connectivity index (χ2n) is 4.08. The van der Waals surface area contributed by atoms with Gasteiger partial charge in [0, 0.05) is 6.42 Å². The predicted molar refractivity (Wildman–Crippen MR) is 66.5 cm³/mol. The van der Waals surface area contributed by atoms with Crippen molar-refractivity contribution < 1.29 is 23.8 Å². The summed E-state index contributed by atoms with van der Waals surface area (Å²) >= 11 is 0. The minimum absolute atomic E-state index is 0.0669. The van der Waals surface area contributed by atoms with Gasteiger partial charge >= 0.3 is 5.97 Å². The average Bonchev–Trinajstić information content (AvgIpc) is 2.36. The second-order valence-corrected chi connectivity index (χ2v) is 4.08. The largest absolute Gasteiger partial charge is 0.496 e. The predicted octanol–water partition coefficient (Wildman–Crippen LogP) is 1.36. The highest BCUT2D eigenvalue weighted by atomic mass is 19.1. The lowest BCUT2D eigenvalue weighted by atomic mass is 10.1. The third-order valence-corrected chi connectivity index (χ3v) is 2.61. The molecule has 0 unspecified atom stereocenters. The van der Waals surface area contributed by atoms with Crippen molar-refractivity contribution >= 4 is 11.9 Å². The summed E-state index contributed by atoms with van der Waals surface area (Å²) in [5.74, 6) is -1.41. The summed E-state index contributed by atoms with van der Waals surface area (Å²) in [7, 11) is 1.46.